The van der Waals surface area contributed by atoms with Crippen molar-refractivity contribution in [1.82, 2.24) is 13.9 Å². The molecule has 0 amide bonds. The van der Waals surface area contributed by atoms with E-state index in [1.807, 2.05) is 0 Å². The molecule has 0 fully saturated rings. The lowest BCUT2D eigenvalue weighted by molar-refractivity contribution is 0.565. The van der Waals surface area contributed by atoms with Crippen molar-refractivity contribution in [2.45, 2.75) is 0 Å². The van der Waals surface area contributed by atoms with E-state index in [0.29, 0.717) is 11.4 Å². The summed E-state index contributed by atoms with van der Waals surface area (Å²) in [6.45, 7) is 0. The third-order valence-electron chi connectivity index (χ3n) is 3.00. The number of hydrazone groups is 1. The molecule has 0 radical (unpaired) electrons. The van der Waals surface area contributed by atoms with Crippen molar-refractivity contribution in [2.75, 3.05) is 5.43 Å². The maximum absolute atomic E-state index is 12.1. The predicted octanol–water partition coefficient (Wildman–Crippen LogP) is -0.310. The van der Waals surface area contributed by atoms with E-state index in [0.717, 1.165) is 4.57 Å². The lowest BCUT2D eigenvalue weighted by Crippen LogP contribution is -2.26. The summed E-state index contributed by atoms with van der Waals surface area (Å²) in [6.07, 6.45) is 0. The summed E-state index contributed by atoms with van der Waals surface area (Å²) in [6, 6.07) is 9.57. The second-order valence-electron chi connectivity index (χ2n) is 4.29. The van der Waals surface area contributed by atoms with Crippen LogP contribution in [0, 0.1) is 22.7 Å². The number of hydrogen-bond acceptors (Lipinski definition) is 6. The van der Waals surface area contributed by atoms with Gasteiger partial charge in [-0.3, -0.25) is 5.43 Å². The maximum atomic E-state index is 12.1. The third-order valence-corrected chi connectivity index (χ3v) is 3.00. The molecule has 0 aliphatic rings. The van der Waals surface area contributed by atoms with Gasteiger partial charge in [0.05, 0.1) is 11.4 Å². The van der Waals surface area contributed by atoms with Crippen LogP contribution in [-0.2, 0) is 14.1 Å². The Morgan fingerprint density at radius 1 is 1.14 bits per heavy atom. The van der Waals surface area contributed by atoms with Crippen molar-refractivity contribution in [3.05, 3.63) is 45.2 Å². The van der Waals surface area contributed by atoms with E-state index in [1.165, 1.54) is 29.5 Å². The van der Waals surface area contributed by atoms with Crippen LogP contribution in [0.5, 0.6) is 0 Å². The Morgan fingerprint density at radius 2 is 1.73 bits per heavy atom. The Kier molecular flexibility index (Phi) is 3.91. The molecule has 1 aromatic carbocycles. The standard InChI is InChI=1S/C13H11N7O2/c1-18-12(21)20(13(22)19(18)2)11-5-3-4-9(6-11)16-17-10(7-14)8-15/h3-6,16H,1-2H3. The van der Waals surface area contributed by atoms with Crippen molar-refractivity contribution >= 4 is 11.4 Å². The van der Waals surface area contributed by atoms with E-state index in [4.69, 9.17) is 10.5 Å². The van der Waals surface area contributed by atoms with Crippen LogP contribution in [0.1, 0.15) is 0 Å². The molecule has 22 heavy (non-hydrogen) atoms. The minimum Gasteiger partial charge on any atom is -0.276 e. The second kappa shape index (κ2) is 5.81. The summed E-state index contributed by atoms with van der Waals surface area (Å²) >= 11 is 0. The molecule has 9 heteroatoms. The molecule has 0 unspecified atom stereocenters. The van der Waals surface area contributed by atoms with Gasteiger partial charge in [0.25, 0.3) is 0 Å². The van der Waals surface area contributed by atoms with Crippen LogP contribution in [0.3, 0.4) is 0 Å². The summed E-state index contributed by atoms with van der Waals surface area (Å²) < 4.78 is 3.37. The summed E-state index contributed by atoms with van der Waals surface area (Å²) in [5, 5.41) is 20.8. The van der Waals surface area contributed by atoms with Gasteiger partial charge in [-0.2, -0.15) is 15.6 Å². The van der Waals surface area contributed by atoms with Gasteiger partial charge in [0.15, 0.2) is 0 Å². The fourth-order valence-electron chi connectivity index (χ4n) is 1.76. The topological polar surface area (TPSA) is 121 Å². The maximum Gasteiger partial charge on any atom is 0.351 e. The van der Waals surface area contributed by atoms with E-state index in [9.17, 15) is 9.59 Å². The highest BCUT2D eigenvalue weighted by atomic mass is 16.2. The van der Waals surface area contributed by atoms with Crippen molar-refractivity contribution in [3.63, 3.8) is 0 Å². The lowest BCUT2D eigenvalue weighted by Gasteiger charge is -2.03. The van der Waals surface area contributed by atoms with Gasteiger partial charge in [0, 0.05) is 14.1 Å². The number of nitrogens with one attached hydrogen (secondary N) is 1. The predicted molar refractivity (Wildman–Crippen MR) is 78.5 cm³/mol. The van der Waals surface area contributed by atoms with Crippen LogP contribution in [0.15, 0.2) is 39.0 Å². The molecule has 110 valence electrons. The fourth-order valence-corrected chi connectivity index (χ4v) is 1.76. The Balaban J connectivity index is 2.47. The smallest absolute Gasteiger partial charge is 0.276 e. The molecule has 0 aliphatic carbocycles. The van der Waals surface area contributed by atoms with Crippen molar-refractivity contribution in [3.8, 4) is 17.8 Å². The molecule has 0 saturated heterocycles. The average Bonchev–Trinajstić information content (AvgIpc) is 2.72. The van der Waals surface area contributed by atoms with Gasteiger partial charge in [-0.25, -0.2) is 23.5 Å². The first-order chi connectivity index (χ1) is 10.5. The Morgan fingerprint density at radius 3 is 2.27 bits per heavy atom. The van der Waals surface area contributed by atoms with E-state index >= 15 is 0 Å². The molecule has 2 aromatic rings. The van der Waals surface area contributed by atoms with Crippen LogP contribution in [0.2, 0.25) is 0 Å². The molecule has 1 heterocycles. The first-order valence-electron chi connectivity index (χ1n) is 6.09. The molecule has 9 nitrogen and oxygen atoms in total. The molecule has 0 spiro atoms. The normalized spacial score (nSPS) is 9.64. The number of benzene rings is 1. The Bertz CT molecular complexity index is 897. The number of nitriles is 2. The van der Waals surface area contributed by atoms with Crippen molar-refractivity contribution in [1.29, 1.82) is 10.5 Å². The molecular weight excluding hydrogens is 286 g/mol. The Hall–Kier alpha value is -3.59. The van der Waals surface area contributed by atoms with Gasteiger partial charge < -0.3 is 0 Å². The van der Waals surface area contributed by atoms with Gasteiger partial charge in [-0.05, 0) is 18.2 Å². The van der Waals surface area contributed by atoms with E-state index in [-0.39, 0.29) is 5.71 Å². The molecular formula is C13H11N7O2. The summed E-state index contributed by atoms with van der Waals surface area (Å²) in [4.78, 5) is 24.1. The van der Waals surface area contributed by atoms with E-state index in [1.54, 1.807) is 30.3 Å². The van der Waals surface area contributed by atoms with Crippen LogP contribution in [-0.4, -0.2) is 19.6 Å². The lowest BCUT2D eigenvalue weighted by atomic mass is 10.3. The number of rotatable bonds is 3. The zero-order chi connectivity index (χ0) is 16.3. The molecule has 1 aromatic heterocycles. The van der Waals surface area contributed by atoms with E-state index in [2.05, 4.69) is 10.5 Å². The van der Waals surface area contributed by atoms with Gasteiger partial charge >= 0.3 is 11.4 Å². The molecule has 1 N–H and O–H groups in total. The minimum atomic E-state index is -0.483. The number of aromatic nitrogens is 3. The van der Waals surface area contributed by atoms with Crippen molar-refractivity contribution in [2.24, 2.45) is 19.2 Å². The number of anilines is 1. The zero-order valence-electron chi connectivity index (χ0n) is 11.8. The van der Waals surface area contributed by atoms with Crippen LogP contribution in [0.25, 0.3) is 5.69 Å². The third kappa shape index (κ3) is 2.51. The highest BCUT2D eigenvalue weighted by Crippen LogP contribution is 2.12. The van der Waals surface area contributed by atoms with Crippen LogP contribution in [0.4, 0.5) is 5.69 Å². The summed E-state index contributed by atoms with van der Waals surface area (Å²) in [7, 11) is 2.97. The molecule has 0 aliphatic heterocycles. The quantitative estimate of drug-likeness (QED) is 0.615. The van der Waals surface area contributed by atoms with E-state index < -0.39 is 11.4 Å². The highest BCUT2D eigenvalue weighted by molar-refractivity contribution is 6.10. The van der Waals surface area contributed by atoms with Gasteiger partial charge in [-0.1, -0.05) is 6.07 Å². The largest absolute Gasteiger partial charge is 0.351 e. The van der Waals surface area contributed by atoms with Gasteiger partial charge in [0.2, 0.25) is 5.71 Å². The van der Waals surface area contributed by atoms with Crippen LogP contribution >= 0.6 is 0 Å². The summed E-state index contributed by atoms with van der Waals surface area (Å²) in [5.74, 6) is 0. The minimum absolute atomic E-state index is 0.335. The van der Waals surface area contributed by atoms with Crippen molar-refractivity contribution < 1.29 is 0 Å². The van der Waals surface area contributed by atoms with Gasteiger partial charge in [-0.15, -0.1) is 0 Å². The molecule has 2 rings (SSSR count). The molecule has 0 bridgehead atoms. The molecule has 0 atom stereocenters. The van der Waals surface area contributed by atoms with Gasteiger partial charge in [0.1, 0.15) is 12.1 Å². The number of hydrogen-bond donors (Lipinski definition) is 1. The van der Waals surface area contributed by atoms with Crippen LogP contribution < -0.4 is 16.8 Å². The Labute approximate surface area is 124 Å². The SMILES string of the molecule is Cn1c(=O)n(-c2cccc(NN=C(C#N)C#N)c2)c(=O)n1C. The second-order valence-corrected chi connectivity index (χ2v) is 4.29. The first kappa shape index (κ1) is 14.8. The highest BCUT2D eigenvalue weighted by Gasteiger charge is 2.12. The molecule has 0 saturated carbocycles. The first-order valence-corrected chi connectivity index (χ1v) is 6.09. The summed E-state index contributed by atoms with van der Waals surface area (Å²) in [5.41, 5.74) is 2.01. The number of nitrogens with zero attached hydrogens (tertiary/aromatic N) is 6. The average molecular weight is 297 g/mol. The fraction of sp³-hybridized carbons (Fsp3) is 0.154. The zero-order valence-corrected chi connectivity index (χ0v) is 11.8. The monoisotopic (exact) mass is 297 g/mol.